The lowest BCUT2D eigenvalue weighted by molar-refractivity contribution is -0.137. The first-order valence-electron chi connectivity index (χ1n) is 48.5. The number of Topliss-reactive ketones (excluding diaryl/α,β-unsaturated/α-hetero) is 1. The van der Waals surface area contributed by atoms with Crippen molar-refractivity contribution in [2.45, 2.75) is 97.0 Å². The van der Waals surface area contributed by atoms with Crippen molar-refractivity contribution in [1.29, 1.82) is 0 Å². The van der Waals surface area contributed by atoms with E-state index in [2.05, 4.69) is 223 Å². The Morgan fingerprint density at radius 3 is 1.21 bits per heavy atom. The topological polar surface area (TPSA) is 396 Å². The molecule has 35 nitrogen and oxygen atoms in total. The highest BCUT2D eigenvalue weighted by molar-refractivity contribution is 8.00. The number of thioether (sulfide) groups is 1. The van der Waals surface area contributed by atoms with Crippen LogP contribution in [0.3, 0.4) is 0 Å². The van der Waals surface area contributed by atoms with Crippen molar-refractivity contribution in [2.75, 3.05) is 109 Å². The first kappa shape index (κ1) is 101. The fraction of sp³-hybridized carbons (Fsp3) is 0.227. The summed E-state index contributed by atoms with van der Waals surface area (Å²) in [4.78, 5) is 72.6. The van der Waals surface area contributed by atoms with Gasteiger partial charge in [-0.3, -0.25) is 4.79 Å². The Bertz CT molecular complexity index is 7200. The van der Waals surface area contributed by atoms with Gasteiger partial charge in [0.2, 0.25) is 29.7 Å². The Morgan fingerprint density at radius 1 is 0.415 bits per heavy atom. The van der Waals surface area contributed by atoms with E-state index < -0.39 is 12.0 Å². The summed E-state index contributed by atoms with van der Waals surface area (Å²) in [6, 6.07) is 90.6. The number of aliphatic carboxylic acids is 1. The predicted octanol–water partition coefficient (Wildman–Crippen LogP) is 20.5. The molecule has 0 saturated carbocycles. The SMILES string of the molecule is CC(C)(C)CCNc1cc(-n2cnc(Nc3ccccc3)n2)ccn1.CC(C)(C)SCC(Nc1cc(-n2cnc(Nc3ccccc3)n2)ccn1)C(=O)O.O=C(c1ccc(F)cc1)C1CCN(c2cc(-n3cnc(Nc4ccccc4)n3)ccn2)CC1.c1ccc(Nc2ncn(-c3ccnc(NC4Cc5ccccc5C4)c3)n2)cc1.c1ccc(Nc2ncn(-c3ccnc(NCc4ccccc4N4CCOCC4)c3)n2)cc1. The zero-order valence-corrected chi connectivity index (χ0v) is 83.2. The van der Waals surface area contributed by atoms with Crippen LogP contribution in [0.5, 0.6) is 0 Å². The average molecular weight is 1990 g/mol. The monoisotopic (exact) mass is 1990 g/mol. The molecule has 2 aliphatic heterocycles. The number of carboxylic acid groups (broad SMARTS) is 1. The zero-order valence-electron chi connectivity index (χ0n) is 82.3. The number of aromatic nitrogens is 20. The average Bonchev–Trinajstić information content (AvgIpc) is 1.52. The third-order valence-electron chi connectivity index (χ3n) is 23.6. The minimum Gasteiger partial charge on any atom is -0.480 e. The maximum atomic E-state index is 13.1. The summed E-state index contributed by atoms with van der Waals surface area (Å²) in [5.74, 6) is 5.64. The molecule has 0 spiro atoms. The molecule has 3 aliphatic rings. The number of hydrogen-bond donors (Lipinski definition) is 10. The number of ether oxygens (including phenoxy) is 1. The molecule has 18 aromatic rings. The van der Waals surface area contributed by atoms with E-state index >= 15 is 0 Å². The van der Waals surface area contributed by atoms with Gasteiger partial charge in [0.15, 0.2) is 5.78 Å². The number of carboxylic acids is 1. The number of pyridine rings is 5. The minimum atomic E-state index is -0.913. The molecule has 2 saturated heterocycles. The first-order valence-corrected chi connectivity index (χ1v) is 49.5. The number of halogens is 1. The van der Waals surface area contributed by atoms with Gasteiger partial charge in [-0.2, -0.15) is 36.7 Å². The molecule has 0 amide bonds. The number of carbonyl (C=O) groups is 2. The van der Waals surface area contributed by atoms with Gasteiger partial charge in [-0.25, -0.2) is 57.5 Å². The maximum Gasteiger partial charge on any atom is 0.327 e. The van der Waals surface area contributed by atoms with Gasteiger partial charge in [0.1, 0.15) is 72.6 Å². The molecule has 2 fully saturated rings. The Kier molecular flexibility index (Phi) is 33.9. The van der Waals surface area contributed by atoms with Crippen molar-refractivity contribution in [3.8, 4) is 28.4 Å². The highest BCUT2D eigenvalue weighted by Crippen LogP contribution is 2.32. The zero-order chi connectivity index (χ0) is 102. The number of hydrogen-bond acceptors (Lipinski definition) is 30. The molecule has 1 aliphatic carbocycles. The Labute approximate surface area is 855 Å². The molecular weight excluding hydrogens is 1870 g/mol. The number of ketones is 1. The van der Waals surface area contributed by atoms with E-state index in [1.165, 1.54) is 34.5 Å². The molecule has 748 valence electrons. The summed E-state index contributed by atoms with van der Waals surface area (Å²) >= 11 is 1.59. The van der Waals surface area contributed by atoms with Gasteiger partial charge in [0, 0.05) is 163 Å². The number of rotatable bonds is 32. The third kappa shape index (κ3) is 30.0. The van der Waals surface area contributed by atoms with E-state index in [1.54, 1.807) is 122 Å². The van der Waals surface area contributed by atoms with Crippen molar-refractivity contribution in [3.05, 3.63) is 376 Å². The summed E-state index contributed by atoms with van der Waals surface area (Å²) in [5, 5.41) is 61.3. The van der Waals surface area contributed by atoms with Crippen molar-refractivity contribution < 1.29 is 23.8 Å². The molecular formula is C110H116FN31O4S. The molecule has 10 N–H and O–H groups in total. The molecule has 1 atom stereocenters. The fourth-order valence-electron chi connectivity index (χ4n) is 16.1. The molecule has 21 rings (SSSR count). The molecule has 0 radical (unpaired) electrons. The van der Waals surface area contributed by atoms with Crippen LogP contribution in [0.2, 0.25) is 0 Å². The predicted molar refractivity (Wildman–Crippen MR) is 578 cm³/mol. The standard InChI is InChI=1S/C25H23FN6O.C24H25N7O.C22H20N6.C20H24N6O2S.C19H24N6/c26-20-8-6-18(7-9-20)24(33)19-11-14-31(15-12-19)23-16-22(10-13-27-23)32-17-28-25(30-32)29-21-4-2-1-3-5-21;1-2-7-20(8-3-1)28-24-27-18-31(29-24)21-10-11-25-23(16-21)26-17-19-6-4-5-9-22(19)30-12-14-32-15-13-30;1-2-8-18(9-3-1)26-22-24-15-28(27-22)20-10-11-23-21(14-20)25-19-12-16-6-4-5-7-17(16)13-19;1-20(2,3)29-12-16(18(27)28)24-17-11-15(9-10-21-17)26-13-22-19(25-26)23-14-7-5-4-6-8-14;1-19(2,3)10-12-21-17-13-16(9-11-20-17)25-14-22-18(24-25)23-15-7-5-4-6-8-15/h1-10,13,16-17,19H,11-12,14-15H2,(H,29,30);1-11,16,18H,12-15,17H2,(H,25,26)(H,28,29);1-11,14-15,19H,12-13H2,(H,23,25)(H,26,27);4-11,13,16H,12H2,1-3H3,(H,21,24)(H,23,25)(H,27,28);4-9,11,13-14H,10,12H2,1-3H3,(H,20,21)(H,23,24). The largest absolute Gasteiger partial charge is 0.480 e. The summed E-state index contributed by atoms with van der Waals surface area (Å²) in [7, 11) is 0. The lowest BCUT2D eigenvalue weighted by Crippen LogP contribution is -2.36. The summed E-state index contributed by atoms with van der Waals surface area (Å²) in [6.45, 7) is 19.3. The number of carbonyl (C=O) groups excluding carboxylic acids is 1. The van der Waals surface area contributed by atoms with Crippen LogP contribution in [-0.2, 0) is 28.9 Å². The molecule has 10 aromatic heterocycles. The van der Waals surface area contributed by atoms with Crippen molar-refractivity contribution >= 4 is 116 Å². The Morgan fingerprint density at radius 2 is 0.789 bits per heavy atom. The molecule has 8 aromatic carbocycles. The van der Waals surface area contributed by atoms with Crippen molar-refractivity contribution in [3.63, 3.8) is 0 Å². The highest BCUT2D eigenvalue weighted by atomic mass is 32.2. The smallest absolute Gasteiger partial charge is 0.327 e. The second kappa shape index (κ2) is 49.4. The van der Waals surface area contributed by atoms with Crippen molar-refractivity contribution in [1.82, 2.24) is 98.7 Å². The summed E-state index contributed by atoms with van der Waals surface area (Å²) in [6.07, 6.45) is 21.7. The second-order valence-electron chi connectivity index (χ2n) is 36.9. The molecule has 147 heavy (non-hydrogen) atoms. The van der Waals surface area contributed by atoms with Gasteiger partial charge >= 0.3 is 5.97 Å². The van der Waals surface area contributed by atoms with Crippen LogP contribution in [0.4, 0.5) is 97.3 Å². The Balaban J connectivity index is 0.000000126. The first-order chi connectivity index (χ1) is 71.6. The van der Waals surface area contributed by atoms with E-state index in [1.807, 2.05) is 200 Å². The number of nitrogens with one attached hydrogen (secondary N) is 9. The number of piperidine rings is 1. The van der Waals surface area contributed by atoms with E-state index in [0.717, 1.165) is 158 Å². The van der Waals surface area contributed by atoms with E-state index in [4.69, 9.17) is 4.74 Å². The van der Waals surface area contributed by atoms with Gasteiger partial charge in [-0.1, -0.05) is 175 Å². The quantitative estimate of drug-likeness (QED) is 0.0175. The van der Waals surface area contributed by atoms with Crippen LogP contribution in [0.25, 0.3) is 28.4 Å². The van der Waals surface area contributed by atoms with Crippen molar-refractivity contribution in [2.24, 2.45) is 11.3 Å². The number of morpholine rings is 1. The second-order valence-corrected chi connectivity index (χ2v) is 38.8. The number of nitrogens with zero attached hydrogens (tertiary/aromatic N) is 22. The number of benzene rings is 8. The number of fused-ring (bicyclic) bond motifs is 1. The van der Waals surface area contributed by atoms with Crippen LogP contribution < -0.4 is 57.7 Å². The van der Waals surface area contributed by atoms with Crippen LogP contribution in [0, 0.1) is 17.2 Å². The Hall–Kier alpha value is -17.6. The third-order valence-corrected chi connectivity index (χ3v) is 25.0. The lowest BCUT2D eigenvalue weighted by atomic mass is 9.89. The van der Waals surface area contributed by atoms with Gasteiger partial charge in [0.25, 0.3) is 0 Å². The fourth-order valence-corrected chi connectivity index (χ4v) is 17.0. The molecule has 1 unspecified atom stereocenters. The van der Waals surface area contributed by atoms with Gasteiger partial charge in [-0.05, 0) is 176 Å². The molecule has 37 heteroatoms. The summed E-state index contributed by atoms with van der Waals surface area (Å²) in [5.41, 5.74) is 15.2. The van der Waals surface area contributed by atoms with Gasteiger partial charge in [-0.15, -0.1) is 25.5 Å². The molecule has 12 heterocycles. The van der Waals surface area contributed by atoms with E-state index in [-0.39, 0.29) is 22.3 Å². The summed E-state index contributed by atoms with van der Waals surface area (Å²) < 4.78 is 27.2. The van der Waals surface area contributed by atoms with Gasteiger partial charge in [0.05, 0.1) is 41.7 Å². The van der Waals surface area contributed by atoms with E-state index in [9.17, 15) is 19.1 Å². The number of anilines is 16. The molecule has 0 bridgehead atoms. The van der Waals surface area contributed by atoms with Crippen LogP contribution in [0.1, 0.15) is 87.9 Å². The lowest BCUT2D eigenvalue weighted by Gasteiger charge is -2.32. The minimum absolute atomic E-state index is 0.0203. The van der Waals surface area contributed by atoms with Crippen LogP contribution in [0.15, 0.2) is 348 Å². The maximum absolute atomic E-state index is 13.1. The normalized spacial score (nSPS) is 13.1. The van der Waals surface area contributed by atoms with E-state index in [0.29, 0.717) is 64.9 Å². The number of para-hydroxylation sites is 6. The highest BCUT2D eigenvalue weighted by Gasteiger charge is 2.29. The van der Waals surface area contributed by atoms with Crippen LogP contribution >= 0.6 is 11.8 Å². The van der Waals surface area contributed by atoms with Crippen LogP contribution in [-0.4, -0.2) is 184 Å². The van der Waals surface area contributed by atoms with Gasteiger partial charge < -0.3 is 67.5 Å².